The number of benzene rings is 1. The normalized spacial score (nSPS) is 10.6. The number of fused-ring (bicyclic) bond motifs is 1. The van der Waals surface area contributed by atoms with Crippen molar-refractivity contribution in [3.05, 3.63) is 53.8 Å². The molecule has 9 nitrogen and oxygen atoms in total. The number of aromatic nitrogens is 5. The van der Waals surface area contributed by atoms with Crippen LogP contribution in [0.2, 0.25) is 5.28 Å². The Morgan fingerprint density at radius 3 is 2.86 bits per heavy atom. The molecule has 0 saturated carbocycles. The van der Waals surface area contributed by atoms with Crippen LogP contribution in [-0.2, 0) is 0 Å². The minimum atomic E-state index is 0.115. The fraction of sp³-hybridized carbons (Fsp3) is 0.111. The van der Waals surface area contributed by atoms with E-state index in [4.69, 9.17) is 21.1 Å². The Hall–Kier alpha value is -3.77. The number of methoxy groups -OCH3 is 2. The highest BCUT2D eigenvalue weighted by Gasteiger charge is 2.14. The minimum Gasteiger partial charge on any atom is -0.493 e. The van der Waals surface area contributed by atoms with Gasteiger partial charge in [-0.1, -0.05) is 0 Å². The molecule has 0 aliphatic carbocycles. The molecule has 4 aromatic rings. The number of imidazole rings is 1. The quantitative estimate of drug-likeness (QED) is 0.553. The predicted molar refractivity (Wildman–Crippen MR) is 103 cm³/mol. The topological polar surface area (TPSA) is 102 Å². The van der Waals surface area contributed by atoms with E-state index in [1.165, 1.54) is 14.2 Å². The molecule has 140 valence electrons. The fourth-order valence-electron chi connectivity index (χ4n) is 2.83. The first-order valence-corrected chi connectivity index (χ1v) is 8.49. The standard InChI is InChI=1S/C18H14ClN7O2/c1-27-14-7-12(6-11(8-20)16(14)28-2)25-9-15(21-10-25)22-17-13-4-3-5-26(13)24-18(19)23-17/h3-7,9-10H,1-2H3,(H,22,23,24). The number of anilines is 2. The average molecular weight is 396 g/mol. The minimum absolute atomic E-state index is 0.115. The van der Waals surface area contributed by atoms with Crippen molar-refractivity contribution in [3.8, 4) is 23.3 Å². The van der Waals surface area contributed by atoms with Crippen molar-refractivity contribution in [3.63, 3.8) is 0 Å². The van der Waals surface area contributed by atoms with E-state index in [9.17, 15) is 5.26 Å². The van der Waals surface area contributed by atoms with Crippen LogP contribution < -0.4 is 14.8 Å². The van der Waals surface area contributed by atoms with Crippen LogP contribution in [0.3, 0.4) is 0 Å². The van der Waals surface area contributed by atoms with E-state index in [1.807, 2.05) is 12.1 Å². The highest BCUT2D eigenvalue weighted by atomic mass is 35.5. The lowest BCUT2D eigenvalue weighted by atomic mass is 10.1. The highest BCUT2D eigenvalue weighted by Crippen LogP contribution is 2.33. The van der Waals surface area contributed by atoms with Crippen molar-refractivity contribution < 1.29 is 9.47 Å². The molecule has 0 saturated heterocycles. The third-order valence-corrected chi connectivity index (χ3v) is 4.24. The third-order valence-electron chi connectivity index (χ3n) is 4.08. The Morgan fingerprint density at radius 2 is 2.11 bits per heavy atom. The van der Waals surface area contributed by atoms with Crippen LogP contribution in [0.1, 0.15) is 5.56 Å². The monoisotopic (exact) mass is 395 g/mol. The summed E-state index contributed by atoms with van der Waals surface area (Å²) in [7, 11) is 3.01. The second kappa shape index (κ2) is 7.09. The number of nitrogens with zero attached hydrogens (tertiary/aromatic N) is 6. The van der Waals surface area contributed by atoms with Crippen LogP contribution in [0.25, 0.3) is 11.2 Å². The summed E-state index contributed by atoms with van der Waals surface area (Å²) in [5.74, 6) is 1.92. The van der Waals surface area contributed by atoms with Crippen LogP contribution in [0.15, 0.2) is 43.0 Å². The molecule has 1 N–H and O–H groups in total. The van der Waals surface area contributed by atoms with Gasteiger partial charge in [0.1, 0.15) is 23.7 Å². The molecule has 0 unspecified atom stereocenters. The first kappa shape index (κ1) is 17.6. The zero-order valence-corrected chi connectivity index (χ0v) is 15.7. The summed E-state index contributed by atoms with van der Waals surface area (Å²) < 4.78 is 14.0. The van der Waals surface area contributed by atoms with Crippen LogP contribution in [0, 0.1) is 11.3 Å². The Balaban J connectivity index is 1.70. The summed E-state index contributed by atoms with van der Waals surface area (Å²) in [6.45, 7) is 0. The van der Waals surface area contributed by atoms with E-state index in [-0.39, 0.29) is 5.28 Å². The molecule has 4 rings (SSSR count). The summed E-state index contributed by atoms with van der Waals surface area (Å²) in [6, 6.07) is 9.28. The van der Waals surface area contributed by atoms with Gasteiger partial charge in [0.2, 0.25) is 5.28 Å². The molecular formula is C18H14ClN7O2. The smallest absolute Gasteiger partial charge is 0.243 e. The second-order valence-electron chi connectivity index (χ2n) is 5.70. The van der Waals surface area contributed by atoms with Gasteiger partial charge in [0.05, 0.1) is 31.7 Å². The average Bonchev–Trinajstić information content (AvgIpc) is 3.36. The summed E-state index contributed by atoms with van der Waals surface area (Å²) >= 11 is 5.98. The first-order valence-electron chi connectivity index (χ1n) is 8.11. The van der Waals surface area contributed by atoms with E-state index in [0.717, 1.165) is 5.52 Å². The van der Waals surface area contributed by atoms with Crippen molar-refractivity contribution >= 4 is 28.8 Å². The lowest BCUT2D eigenvalue weighted by Gasteiger charge is -2.12. The lowest BCUT2D eigenvalue weighted by molar-refractivity contribution is 0.354. The highest BCUT2D eigenvalue weighted by molar-refractivity contribution is 6.28. The van der Waals surface area contributed by atoms with Gasteiger partial charge in [-0.05, 0) is 29.8 Å². The Bertz CT molecular complexity index is 1210. The molecule has 10 heteroatoms. The second-order valence-corrected chi connectivity index (χ2v) is 6.04. The van der Waals surface area contributed by atoms with E-state index in [2.05, 4.69) is 26.5 Å². The van der Waals surface area contributed by atoms with Gasteiger partial charge in [0.15, 0.2) is 17.3 Å². The Morgan fingerprint density at radius 1 is 1.25 bits per heavy atom. The molecule has 0 spiro atoms. The molecule has 0 aliphatic rings. The number of halogens is 1. The van der Waals surface area contributed by atoms with Crippen LogP contribution in [-0.4, -0.2) is 38.4 Å². The zero-order chi connectivity index (χ0) is 19.7. The van der Waals surface area contributed by atoms with Gasteiger partial charge in [-0.2, -0.15) is 10.2 Å². The molecule has 3 heterocycles. The van der Waals surface area contributed by atoms with E-state index in [1.54, 1.807) is 39.9 Å². The van der Waals surface area contributed by atoms with Gasteiger partial charge >= 0.3 is 0 Å². The van der Waals surface area contributed by atoms with Gasteiger partial charge in [-0.3, -0.25) is 0 Å². The van der Waals surface area contributed by atoms with Crippen molar-refractivity contribution in [2.45, 2.75) is 0 Å². The van der Waals surface area contributed by atoms with Crippen LogP contribution in [0.4, 0.5) is 11.6 Å². The number of nitriles is 1. The van der Waals surface area contributed by atoms with Crippen LogP contribution in [0.5, 0.6) is 11.5 Å². The summed E-state index contributed by atoms with van der Waals surface area (Å²) in [6.07, 6.45) is 5.15. The number of nitrogens with one attached hydrogen (secondary N) is 1. The van der Waals surface area contributed by atoms with Crippen LogP contribution >= 0.6 is 11.6 Å². The van der Waals surface area contributed by atoms with Gasteiger partial charge in [0.25, 0.3) is 0 Å². The number of rotatable bonds is 5. The van der Waals surface area contributed by atoms with Crippen molar-refractivity contribution in [1.82, 2.24) is 24.1 Å². The SMILES string of the molecule is COc1cc(-n2cnc(Nc3nc(Cl)nn4cccc34)c2)cc(C#N)c1OC. The van der Waals surface area contributed by atoms with E-state index in [0.29, 0.717) is 34.4 Å². The molecule has 0 fully saturated rings. The van der Waals surface area contributed by atoms with Gasteiger partial charge in [-0.25, -0.2) is 9.50 Å². The Kier molecular flexibility index (Phi) is 4.47. The molecule has 0 atom stereocenters. The molecule has 28 heavy (non-hydrogen) atoms. The summed E-state index contributed by atoms with van der Waals surface area (Å²) in [5.41, 5.74) is 1.82. The third kappa shape index (κ3) is 3.06. The fourth-order valence-corrected chi connectivity index (χ4v) is 3.00. The summed E-state index contributed by atoms with van der Waals surface area (Å²) in [5, 5.41) is 16.7. The molecule has 0 amide bonds. The van der Waals surface area contributed by atoms with E-state index >= 15 is 0 Å². The largest absolute Gasteiger partial charge is 0.493 e. The van der Waals surface area contributed by atoms with Crippen molar-refractivity contribution in [2.24, 2.45) is 0 Å². The van der Waals surface area contributed by atoms with Gasteiger partial charge < -0.3 is 19.4 Å². The number of hydrogen-bond acceptors (Lipinski definition) is 7. The first-order chi connectivity index (χ1) is 13.6. The lowest BCUT2D eigenvalue weighted by Crippen LogP contribution is -2.01. The van der Waals surface area contributed by atoms with Crippen molar-refractivity contribution in [1.29, 1.82) is 5.26 Å². The predicted octanol–water partition coefficient (Wildman–Crippen LogP) is 3.20. The maximum absolute atomic E-state index is 9.40. The molecule has 0 bridgehead atoms. The number of ether oxygens (including phenoxy) is 2. The molecule has 0 radical (unpaired) electrons. The van der Waals surface area contributed by atoms with Gasteiger partial charge in [-0.15, -0.1) is 5.10 Å². The molecular weight excluding hydrogens is 382 g/mol. The zero-order valence-electron chi connectivity index (χ0n) is 14.9. The molecule has 1 aromatic carbocycles. The van der Waals surface area contributed by atoms with Crippen molar-refractivity contribution in [2.75, 3.05) is 19.5 Å². The van der Waals surface area contributed by atoms with E-state index < -0.39 is 0 Å². The number of hydrogen-bond donors (Lipinski definition) is 1. The maximum atomic E-state index is 9.40. The maximum Gasteiger partial charge on any atom is 0.243 e. The molecule has 0 aliphatic heterocycles. The van der Waals surface area contributed by atoms with Gasteiger partial charge in [0, 0.05) is 12.3 Å². The Labute approximate surface area is 164 Å². The summed E-state index contributed by atoms with van der Waals surface area (Å²) in [4.78, 5) is 8.57. The molecule has 3 aromatic heterocycles.